The molecule has 0 N–H and O–H groups in total. The molecule has 2 aromatic rings. The minimum Gasteiger partial charge on any atom is -0.497 e. The molecule has 96 valence electrons. The van der Waals surface area contributed by atoms with Crippen molar-refractivity contribution >= 4 is 10.8 Å². The molecule has 0 saturated carbocycles. The maximum atomic E-state index is 5.41. The van der Waals surface area contributed by atoms with Gasteiger partial charge >= 0.3 is 0 Å². The zero-order valence-electron chi connectivity index (χ0n) is 11.4. The van der Waals surface area contributed by atoms with Crippen LogP contribution in [0.15, 0.2) is 65.9 Å². The van der Waals surface area contributed by atoms with Gasteiger partial charge in [0.2, 0.25) is 0 Å². The molecular formula is C18H18O. The van der Waals surface area contributed by atoms with Crippen molar-refractivity contribution < 1.29 is 4.74 Å². The minimum absolute atomic E-state index is 0.408. The van der Waals surface area contributed by atoms with Gasteiger partial charge in [0.25, 0.3) is 0 Å². The highest BCUT2D eigenvalue weighted by Gasteiger charge is 2.17. The molecule has 0 amide bonds. The zero-order valence-corrected chi connectivity index (χ0v) is 11.4. The van der Waals surface area contributed by atoms with Crippen molar-refractivity contribution in [1.82, 2.24) is 0 Å². The van der Waals surface area contributed by atoms with Crippen molar-refractivity contribution in [3.05, 3.63) is 71.5 Å². The van der Waals surface area contributed by atoms with E-state index in [0.717, 1.165) is 12.2 Å². The lowest BCUT2D eigenvalue weighted by molar-refractivity contribution is 0.301. The van der Waals surface area contributed by atoms with Crippen LogP contribution in [0.1, 0.15) is 24.8 Å². The maximum Gasteiger partial charge on any atom is 0.115 e. The minimum atomic E-state index is 0.408. The highest BCUT2D eigenvalue weighted by molar-refractivity contribution is 5.86. The van der Waals surface area contributed by atoms with Gasteiger partial charge in [0, 0.05) is 5.92 Å². The van der Waals surface area contributed by atoms with Gasteiger partial charge in [-0.2, -0.15) is 0 Å². The van der Waals surface area contributed by atoms with E-state index in [1.807, 2.05) is 0 Å². The summed E-state index contributed by atoms with van der Waals surface area (Å²) in [6.45, 7) is 2.17. The van der Waals surface area contributed by atoms with Crippen LogP contribution in [0.5, 0.6) is 0 Å². The summed E-state index contributed by atoms with van der Waals surface area (Å²) in [4.78, 5) is 0. The smallest absolute Gasteiger partial charge is 0.115 e. The van der Waals surface area contributed by atoms with E-state index in [-0.39, 0.29) is 0 Å². The molecule has 0 bridgehead atoms. The lowest BCUT2D eigenvalue weighted by atomic mass is 9.85. The summed E-state index contributed by atoms with van der Waals surface area (Å²) in [7, 11) is 1.74. The number of fused-ring (bicyclic) bond motifs is 1. The predicted octanol–water partition coefficient (Wildman–Crippen LogP) is 4.80. The third-order valence-corrected chi connectivity index (χ3v) is 3.75. The van der Waals surface area contributed by atoms with Crippen LogP contribution in [0.25, 0.3) is 10.8 Å². The fourth-order valence-electron chi connectivity index (χ4n) is 2.85. The molecule has 1 atom stereocenters. The summed E-state index contributed by atoms with van der Waals surface area (Å²) < 4.78 is 5.41. The van der Waals surface area contributed by atoms with Gasteiger partial charge in [0.05, 0.1) is 7.11 Å². The number of benzene rings is 2. The molecule has 0 radical (unpaired) electrons. The van der Waals surface area contributed by atoms with Crippen molar-refractivity contribution in [2.45, 2.75) is 19.3 Å². The third kappa shape index (κ3) is 2.28. The standard InChI is InChI=1S/C18H18O/c1-13-10-15(12-16(11-13)19-2)18-9-5-7-14-6-3-4-8-17(14)18/h3-9,11-12,15H,10H2,1-2H3. The Balaban J connectivity index is 2.10. The van der Waals surface area contributed by atoms with E-state index >= 15 is 0 Å². The molecule has 0 saturated heterocycles. The molecule has 1 aliphatic carbocycles. The summed E-state index contributed by atoms with van der Waals surface area (Å²) in [6.07, 6.45) is 5.43. The fraction of sp³-hybridized carbons (Fsp3) is 0.222. The van der Waals surface area contributed by atoms with Crippen LogP contribution in [0.4, 0.5) is 0 Å². The van der Waals surface area contributed by atoms with Crippen LogP contribution >= 0.6 is 0 Å². The number of hydrogen-bond donors (Lipinski definition) is 0. The monoisotopic (exact) mass is 250 g/mol. The molecule has 0 aromatic heterocycles. The lowest BCUT2D eigenvalue weighted by Crippen LogP contribution is -2.04. The average Bonchev–Trinajstić information content (AvgIpc) is 2.46. The first-order chi connectivity index (χ1) is 9.28. The van der Waals surface area contributed by atoms with E-state index in [1.165, 1.54) is 21.9 Å². The van der Waals surface area contributed by atoms with E-state index in [2.05, 4.69) is 61.5 Å². The van der Waals surface area contributed by atoms with Gasteiger partial charge in [-0.05, 0) is 41.8 Å². The van der Waals surface area contributed by atoms with Crippen molar-refractivity contribution in [2.24, 2.45) is 0 Å². The Kier molecular flexibility index (Phi) is 3.12. The second kappa shape index (κ2) is 4.93. The Morgan fingerprint density at radius 3 is 2.68 bits per heavy atom. The molecule has 1 unspecified atom stereocenters. The number of ether oxygens (including phenoxy) is 1. The Morgan fingerprint density at radius 2 is 1.84 bits per heavy atom. The quantitative estimate of drug-likeness (QED) is 0.743. The van der Waals surface area contributed by atoms with Gasteiger partial charge in [-0.3, -0.25) is 0 Å². The van der Waals surface area contributed by atoms with E-state index in [0.29, 0.717) is 5.92 Å². The second-order valence-corrected chi connectivity index (χ2v) is 5.14. The number of rotatable bonds is 2. The Bertz CT molecular complexity index is 659. The molecule has 2 aromatic carbocycles. The first kappa shape index (κ1) is 12.0. The predicted molar refractivity (Wildman–Crippen MR) is 80.2 cm³/mol. The molecule has 19 heavy (non-hydrogen) atoms. The van der Waals surface area contributed by atoms with Gasteiger partial charge in [-0.15, -0.1) is 0 Å². The topological polar surface area (TPSA) is 9.23 Å². The molecule has 3 rings (SSSR count). The fourth-order valence-corrected chi connectivity index (χ4v) is 2.85. The van der Waals surface area contributed by atoms with Gasteiger partial charge in [0.15, 0.2) is 0 Å². The Labute approximate surface area is 114 Å². The molecule has 1 heteroatoms. The summed E-state index contributed by atoms with van der Waals surface area (Å²) in [5.74, 6) is 1.38. The first-order valence-corrected chi connectivity index (χ1v) is 6.68. The second-order valence-electron chi connectivity index (χ2n) is 5.14. The van der Waals surface area contributed by atoms with Crippen LogP contribution in [0.2, 0.25) is 0 Å². The summed E-state index contributed by atoms with van der Waals surface area (Å²) in [6, 6.07) is 15.1. The number of methoxy groups -OCH3 is 1. The van der Waals surface area contributed by atoms with Crippen LogP contribution in [-0.4, -0.2) is 7.11 Å². The van der Waals surface area contributed by atoms with Gasteiger partial charge in [-0.1, -0.05) is 48.0 Å². The van der Waals surface area contributed by atoms with Crippen LogP contribution in [-0.2, 0) is 4.74 Å². The van der Waals surface area contributed by atoms with E-state index in [9.17, 15) is 0 Å². The first-order valence-electron chi connectivity index (χ1n) is 6.68. The highest BCUT2D eigenvalue weighted by Crippen LogP contribution is 2.34. The number of allylic oxidation sites excluding steroid dienone is 3. The molecule has 1 nitrogen and oxygen atoms in total. The number of hydrogen-bond acceptors (Lipinski definition) is 1. The molecule has 0 spiro atoms. The van der Waals surface area contributed by atoms with Gasteiger partial charge in [-0.25, -0.2) is 0 Å². The largest absolute Gasteiger partial charge is 0.497 e. The Morgan fingerprint density at radius 1 is 1.05 bits per heavy atom. The van der Waals surface area contributed by atoms with Crippen molar-refractivity contribution in [2.75, 3.05) is 7.11 Å². The van der Waals surface area contributed by atoms with Gasteiger partial charge < -0.3 is 4.74 Å². The summed E-state index contributed by atoms with van der Waals surface area (Å²) >= 11 is 0. The zero-order chi connectivity index (χ0) is 13.2. The van der Waals surface area contributed by atoms with E-state index in [4.69, 9.17) is 4.74 Å². The Hall–Kier alpha value is -2.02. The van der Waals surface area contributed by atoms with Crippen molar-refractivity contribution in [1.29, 1.82) is 0 Å². The molecular weight excluding hydrogens is 232 g/mol. The van der Waals surface area contributed by atoms with Crippen molar-refractivity contribution in [3.8, 4) is 0 Å². The summed E-state index contributed by atoms with van der Waals surface area (Å²) in [5, 5.41) is 2.65. The van der Waals surface area contributed by atoms with Crippen LogP contribution in [0, 0.1) is 0 Å². The normalized spacial score (nSPS) is 18.9. The summed E-state index contributed by atoms with van der Waals surface area (Å²) in [5.41, 5.74) is 2.76. The molecule has 0 heterocycles. The maximum absolute atomic E-state index is 5.41. The van der Waals surface area contributed by atoms with Crippen molar-refractivity contribution in [3.63, 3.8) is 0 Å². The molecule has 0 fully saturated rings. The SMILES string of the molecule is COC1=CC(c2cccc3ccccc23)CC(C)=C1. The third-order valence-electron chi connectivity index (χ3n) is 3.75. The van der Waals surface area contributed by atoms with E-state index in [1.54, 1.807) is 7.11 Å². The van der Waals surface area contributed by atoms with Crippen LogP contribution < -0.4 is 0 Å². The highest BCUT2D eigenvalue weighted by atomic mass is 16.5. The van der Waals surface area contributed by atoms with Gasteiger partial charge in [0.1, 0.15) is 5.76 Å². The van der Waals surface area contributed by atoms with E-state index < -0.39 is 0 Å². The average molecular weight is 250 g/mol. The lowest BCUT2D eigenvalue weighted by Gasteiger charge is -2.21. The molecule has 0 aliphatic heterocycles. The molecule has 1 aliphatic rings. The van der Waals surface area contributed by atoms with Crippen LogP contribution in [0.3, 0.4) is 0 Å².